The van der Waals surface area contributed by atoms with Gasteiger partial charge < -0.3 is 20.3 Å². The number of hydrogen-bond donors (Lipinski definition) is 2. The molecule has 1 heterocycles. The summed E-state index contributed by atoms with van der Waals surface area (Å²) in [6.07, 6.45) is 1.75. The molecule has 8 heteroatoms. The van der Waals surface area contributed by atoms with E-state index in [-0.39, 0.29) is 12.5 Å². The molecule has 0 aliphatic rings. The maximum Gasteiger partial charge on any atom is 0.243 e. The number of aliphatic imine (C=N–C) groups is 1. The summed E-state index contributed by atoms with van der Waals surface area (Å²) in [5.41, 5.74) is 3.40. The van der Waals surface area contributed by atoms with Crippen molar-refractivity contribution in [3.63, 3.8) is 0 Å². The van der Waals surface area contributed by atoms with Gasteiger partial charge in [0.05, 0.1) is 12.8 Å². The largest absolute Gasteiger partial charge is 0.497 e. The topological polar surface area (TPSA) is 83.8 Å². The van der Waals surface area contributed by atoms with Crippen LogP contribution < -0.4 is 15.4 Å². The number of rotatable bonds is 10. The molecule has 8 nitrogen and oxygen atoms in total. The molecule has 0 bridgehead atoms. The number of likely N-dealkylation sites (N-methyl/N-ethyl adjacent to an activating group) is 1. The molecule has 2 N–H and O–H groups in total. The summed E-state index contributed by atoms with van der Waals surface area (Å²) in [4.78, 5) is 17.9. The van der Waals surface area contributed by atoms with Crippen LogP contribution in [0.5, 0.6) is 5.75 Å². The third kappa shape index (κ3) is 7.77. The van der Waals surface area contributed by atoms with Gasteiger partial charge in [0.2, 0.25) is 5.91 Å². The Balaban J connectivity index is 1.84. The van der Waals surface area contributed by atoms with Crippen LogP contribution in [0.25, 0.3) is 0 Å². The monoisotopic (exact) mass is 414 g/mol. The predicted octanol–water partition coefficient (Wildman–Crippen LogP) is 1.76. The van der Waals surface area contributed by atoms with Gasteiger partial charge in [-0.1, -0.05) is 12.1 Å². The van der Waals surface area contributed by atoms with Crippen molar-refractivity contribution >= 4 is 11.9 Å². The Morgan fingerprint density at radius 2 is 1.87 bits per heavy atom. The highest BCUT2D eigenvalue weighted by atomic mass is 16.5. The standard InChI is InChI=1S/C22H34N6O2/c1-17-15-18(2)28(26-17)14-6-12-23-22(25-16-21(29)27(3)4)24-13-11-19-7-9-20(30-5)10-8-19/h7-10,15H,6,11-14,16H2,1-5H3,(H2,23,24,25). The van der Waals surface area contributed by atoms with Gasteiger partial charge in [-0.3, -0.25) is 9.48 Å². The highest BCUT2D eigenvalue weighted by Gasteiger charge is 2.05. The number of guanidine groups is 1. The molecule has 0 aliphatic heterocycles. The van der Waals surface area contributed by atoms with Crippen LogP contribution in [0.2, 0.25) is 0 Å². The van der Waals surface area contributed by atoms with Gasteiger partial charge in [-0.05, 0) is 50.5 Å². The van der Waals surface area contributed by atoms with E-state index in [9.17, 15) is 4.79 Å². The number of aryl methyl sites for hydroxylation is 3. The zero-order valence-electron chi connectivity index (χ0n) is 18.7. The molecule has 1 aromatic carbocycles. The first kappa shape index (κ1) is 23.3. The molecule has 1 amide bonds. The maximum atomic E-state index is 11.9. The lowest BCUT2D eigenvalue weighted by molar-refractivity contribution is -0.127. The minimum absolute atomic E-state index is 0.0334. The molecule has 0 radical (unpaired) electrons. The minimum Gasteiger partial charge on any atom is -0.497 e. The van der Waals surface area contributed by atoms with E-state index in [1.165, 1.54) is 5.56 Å². The van der Waals surface area contributed by atoms with Gasteiger partial charge in [0.15, 0.2) is 5.96 Å². The quantitative estimate of drug-likeness (QED) is 0.352. The molecule has 0 unspecified atom stereocenters. The molecule has 2 aromatic rings. The van der Waals surface area contributed by atoms with Crippen molar-refractivity contribution in [2.24, 2.45) is 4.99 Å². The summed E-state index contributed by atoms with van der Waals surface area (Å²) >= 11 is 0. The molecule has 0 saturated heterocycles. The second kappa shape index (κ2) is 11.8. The molecule has 30 heavy (non-hydrogen) atoms. The van der Waals surface area contributed by atoms with Gasteiger partial charge in [0, 0.05) is 39.4 Å². The van der Waals surface area contributed by atoms with Gasteiger partial charge in [0.25, 0.3) is 0 Å². The Morgan fingerprint density at radius 3 is 2.47 bits per heavy atom. The van der Waals surface area contributed by atoms with Crippen LogP contribution in [0.3, 0.4) is 0 Å². The lowest BCUT2D eigenvalue weighted by Gasteiger charge is -2.14. The van der Waals surface area contributed by atoms with Crippen LogP contribution in [-0.2, 0) is 17.8 Å². The van der Waals surface area contributed by atoms with E-state index in [0.29, 0.717) is 12.5 Å². The van der Waals surface area contributed by atoms with Gasteiger partial charge >= 0.3 is 0 Å². The van der Waals surface area contributed by atoms with E-state index in [1.807, 2.05) is 23.7 Å². The lowest BCUT2D eigenvalue weighted by atomic mass is 10.1. The fourth-order valence-corrected chi connectivity index (χ4v) is 2.92. The molecular weight excluding hydrogens is 380 g/mol. The Hall–Kier alpha value is -3.03. The van der Waals surface area contributed by atoms with Crippen LogP contribution in [-0.4, -0.2) is 67.4 Å². The summed E-state index contributed by atoms with van der Waals surface area (Å²) in [7, 11) is 5.13. The highest BCUT2D eigenvalue weighted by molar-refractivity contribution is 5.84. The van der Waals surface area contributed by atoms with E-state index in [1.54, 1.807) is 26.1 Å². The van der Waals surface area contributed by atoms with Crippen LogP contribution in [0.15, 0.2) is 35.3 Å². The number of carbonyl (C=O) groups excluding carboxylic acids is 1. The fourth-order valence-electron chi connectivity index (χ4n) is 2.92. The first-order valence-corrected chi connectivity index (χ1v) is 10.3. The maximum absolute atomic E-state index is 11.9. The molecule has 0 fully saturated rings. The molecule has 0 atom stereocenters. The molecule has 0 spiro atoms. The number of hydrogen-bond acceptors (Lipinski definition) is 4. The van der Waals surface area contributed by atoms with Crippen molar-refractivity contribution in [2.45, 2.75) is 33.2 Å². The zero-order valence-corrected chi connectivity index (χ0v) is 18.7. The summed E-state index contributed by atoms with van der Waals surface area (Å²) in [5.74, 6) is 1.46. The number of ether oxygens (including phenoxy) is 1. The van der Waals surface area contributed by atoms with Crippen LogP contribution >= 0.6 is 0 Å². The summed E-state index contributed by atoms with van der Waals surface area (Å²) < 4.78 is 7.21. The van der Waals surface area contributed by atoms with Gasteiger partial charge in [0.1, 0.15) is 12.3 Å². The van der Waals surface area contributed by atoms with Crippen molar-refractivity contribution in [2.75, 3.05) is 40.8 Å². The highest BCUT2D eigenvalue weighted by Crippen LogP contribution is 2.11. The Kier molecular flexibility index (Phi) is 9.18. The van der Waals surface area contributed by atoms with E-state index in [4.69, 9.17) is 4.74 Å². The average Bonchev–Trinajstić information content (AvgIpc) is 3.05. The van der Waals surface area contributed by atoms with E-state index < -0.39 is 0 Å². The van der Waals surface area contributed by atoms with Crippen LogP contribution in [0.1, 0.15) is 23.4 Å². The van der Waals surface area contributed by atoms with Crippen molar-refractivity contribution in [3.8, 4) is 5.75 Å². The smallest absolute Gasteiger partial charge is 0.243 e. The summed E-state index contributed by atoms with van der Waals surface area (Å²) in [6.45, 7) is 6.47. The van der Waals surface area contributed by atoms with E-state index in [2.05, 4.69) is 45.8 Å². The summed E-state index contributed by atoms with van der Waals surface area (Å²) in [6, 6.07) is 10.1. The first-order valence-electron chi connectivity index (χ1n) is 10.3. The van der Waals surface area contributed by atoms with Crippen molar-refractivity contribution in [3.05, 3.63) is 47.3 Å². The number of benzene rings is 1. The zero-order chi connectivity index (χ0) is 21.9. The van der Waals surface area contributed by atoms with Gasteiger partial charge in [-0.15, -0.1) is 0 Å². The van der Waals surface area contributed by atoms with Crippen LogP contribution in [0, 0.1) is 13.8 Å². The number of carbonyl (C=O) groups is 1. The number of amides is 1. The fraction of sp³-hybridized carbons (Fsp3) is 0.500. The molecule has 164 valence electrons. The summed E-state index contributed by atoms with van der Waals surface area (Å²) in [5, 5.41) is 11.1. The Bertz CT molecular complexity index is 827. The number of aromatic nitrogens is 2. The van der Waals surface area contributed by atoms with Gasteiger partial charge in [-0.25, -0.2) is 4.99 Å². The molecular formula is C22H34N6O2. The van der Waals surface area contributed by atoms with Crippen LogP contribution in [0.4, 0.5) is 0 Å². The molecule has 1 aromatic heterocycles. The van der Waals surface area contributed by atoms with Crippen molar-refractivity contribution in [1.29, 1.82) is 0 Å². The molecule has 2 rings (SSSR count). The lowest BCUT2D eigenvalue weighted by Crippen LogP contribution is -2.40. The Morgan fingerprint density at radius 1 is 1.17 bits per heavy atom. The second-order valence-electron chi connectivity index (χ2n) is 7.41. The first-order chi connectivity index (χ1) is 14.4. The van der Waals surface area contributed by atoms with Crippen molar-refractivity contribution in [1.82, 2.24) is 25.3 Å². The SMILES string of the molecule is COc1ccc(CCNC(=NCC(=O)N(C)C)NCCCn2nc(C)cc2C)cc1. The second-order valence-corrected chi connectivity index (χ2v) is 7.41. The number of methoxy groups -OCH3 is 1. The van der Waals surface area contributed by atoms with Crippen molar-refractivity contribution < 1.29 is 9.53 Å². The molecule has 0 aliphatic carbocycles. The average molecular weight is 415 g/mol. The van der Waals surface area contributed by atoms with E-state index in [0.717, 1.165) is 43.1 Å². The van der Waals surface area contributed by atoms with Gasteiger partial charge in [-0.2, -0.15) is 5.10 Å². The predicted molar refractivity (Wildman–Crippen MR) is 120 cm³/mol. The third-order valence-electron chi connectivity index (χ3n) is 4.68. The Labute approximate surface area is 179 Å². The third-order valence-corrected chi connectivity index (χ3v) is 4.68. The number of nitrogens with one attached hydrogen (secondary N) is 2. The molecule has 0 saturated carbocycles. The minimum atomic E-state index is -0.0334. The number of nitrogens with zero attached hydrogens (tertiary/aromatic N) is 4. The van der Waals surface area contributed by atoms with E-state index >= 15 is 0 Å². The normalized spacial score (nSPS) is 11.3.